The second-order valence-corrected chi connectivity index (χ2v) is 7.53. The molecule has 5 aromatic rings. The van der Waals surface area contributed by atoms with Gasteiger partial charge < -0.3 is 19.8 Å². The van der Waals surface area contributed by atoms with Gasteiger partial charge in [-0.1, -0.05) is 42.5 Å². The molecule has 174 valence electrons. The molecule has 0 radical (unpaired) electrons. The summed E-state index contributed by atoms with van der Waals surface area (Å²) in [6, 6.07) is 25.4. The highest BCUT2D eigenvalue weighted by atomic mass is 16.5. The molecule has 0 saturated heterocycles. The number of nitrogens with one attached hydrogen (secondary N) is 3. The van der Waals surface area contributed by atoms with Crippen LogP contribution in [0.15, 0.2) is 94.6 Å². The van der Waals surface area contributed by atoms with Crippen molar-refractivity contribution in [3.05, 3.63) is 96.4 Å². The highest BCUT2D eigenvalue weighted by molar-refractivity contribution is 5.99. The minimum Gasteiger partial charge on any atom is -0.497 e. The van der Waals surface area contributed by atoms with Crippen LogP contribution in [0.2, 0.25) is 0 Å². The Morgan fingerprint density at radius 2 is 1.66 bits per heavy atom. The van der Waals surface area contributed by atoms with Gasteiger partial charge in [0.05, 0.1) is 26.1 Å². The summed E-state index contributed by atoms with van der Waals surface area (Å²) in [5.74, 6) is 2.54. The minimum absolute atomic E-state index is 0.287. The van der Waals surface area contributed by atoms with Crippen molar-refractivity contribution in [3.8, 4) is 5.75 Å². The second kappa shape index (κ2) is 10.3. The van der Waals surface area contributed by atoms with Gasteiger partial charge in [-0.2, -0.15) is 20.1 Å². The zero-order chi connectivity index (χ0) is 23.9. The standard InChI is InChI=1S/C26H23N7O2/c1-34-21-13-11-20(12-14-21)29-25-30-24(27-17-22-9-5-15-35-22)31-26(32-25)33-28-16-19-8-4-7-18-6-2-3-10-23(18)19/h2-16H,17H2,1H3,(H3,27,29,30,31,32,33). The van der Waals surface area contributed by atoms with Gasteiger partial charge in [0.25, 0.3) is 0 Å². The lowest BCUT2D eigenvalue weighted by molar-refractivity contribution is 0.415. The van der Waals surface area contributed by atoms with Crippen molar-refractivity contribution in [1.82, 2.24) is 15.0 Å². The first-order valence-corrected chi connectivity index (χ1v) is 11.0. The van der Waals surface area contributed by atoms with Crippen molar-refractivity contribution in [3.63, 3.8) is 0 Å². The van der Waals surface area contributed by atoms with Crippen LogP contribution in [0.1, 0.15) is 11.3 Å². The first-order chi connectivity index (χ1) is 17.3. The molecule has 5 rings (SSSR count). The van der Waals surface area contributed by atoms with E-state index in [4.69, 9.17) is 9.15 Å². The normalized spacial score (nSPS) is 11.0. The highest BCUT2D eigenvalue weighted by Crippen LogP contribution is 2.20. The number of methoxy groups -OCH3 is 1. The molecular formula is C26H23N7O2. The average Bonchev–Trinajstić information content (AvgIpc) is 3.42. The van der Waals surface area contributed by atoms with E-state index < -0.39 is 0 Å². The topological polar surface area (TPSA) is 109 Å². The fraction of sp³-hybridized carbons (Fsp3) is 0.0769. The van der Waals surface area contributed by atoms with E-state index in [-0.39, 0.29) is 5.95 Å². The molecule has 2 heterocycles. The molecule has 9 heteroatoms. The van der Waals surface area contributed by atoms with E-state index in [1.54, 1.807) is 19.6 Å². The monoisotopic (exact) mass is 465 g/mol. The molecule has 0 amide bonds. The smallest absolute Gasteiger partial charge is 0.250 e. The molecule has 0 spiro atoms. The molecule has 0 aliphatic rings. The van der Waals surface area contributed by atoms with Crippen LogP contribution < -0.4 is 20.8 Å². The third kappa shape index (κ3) is 5.53. The zero-order valence-electron chi connectivity index (χ0n) is 19.0. The lowest BCUT2D eigenvalue weighted by Gasteiger charge is -2.10. The van der Waals surface area contributed by atoms with Gasteiger partial charge in [0.1, 0.15) is 11.5 Å². The van der Waals surface area contributed by atoms with Gasteiger partial charge in [0.2, 0.25) is 17.8 Å². The predicted octanol–water partition coefficient (Wildman–Crippen LogP) is 5.43. The first-order valence-electron chi connectivity index (χ1n) is 11.0. The molecule has 0 unspecified atom stereocenters. The van der Waals surface area contributed by atoms with E-state index >= 15 is 0 Å². The lowest BCUT2D eigenvalue weighted by Crippen LogP contribution is -2.09. The van der Waals surface area contributed by atoms with Gasteiger partial charge in [-0.15, -0.1) is 0 Å². The number of furan rings is 1. The summed E-state index contributed by atoms with van der Waals surface area (Å²) < 4.78 is 10.6. The third-order valence-corrected chi connectivity index (χ3v) is 5.17. The number of aromatic nitrogens is 3. The number of nitrogens with zero attached hydrogens (tertiary/aromatic N) is 4. The van der Waals surface area contributed by atoms with Crippen LogP contribution in [-0.2, 0) is 6.54 Å². The Kier molecular flexibility index (Phi) is 6.47. The van der Waals surface area contributed by atoms with Crippen LogP contribution in [0.4, 0.5) is 23.5 Å². The number of ether oxygens (including phenoxy) is 1. The van der Waals surface area contributed by atoms with Crippen molar-refractivity contribution in [2.24, 2.45) is 5.10 Å². The number of hydrogen-bond donors (Lipinski definition) is 3. The summed E-state index contributed by atoms with van der Waals surface area (Å²) >= 11 is 0. The van der Waals surface area contributed by atoms with Crippen molar-refractivity contribution in [2.75, 3.05) is 23.2 Å². The van der Waals surface area contributed by atoms with E-state index in [1.807, 2.05) is 60.7 Å². The molecule has 0 aliphatic heterocycles. The number of hydrazone groups is 1. The molecule has 3 N–H and O–H groups in total. The van der Waals surface area contributed by atoms with Crippen LogP contribution in [0.3, 0.4) is 0 Å². The summed E-state index contributed by atoms with van der Waals surface area (Å²) in [5.41, 5.74) is 4.71. The van der Waals surface area contributed by atoms with Gasteiger partial charge in [-0.3, -0.25) is 0 Å². The number of rotatable bonds is 9. The Hall–Kier alpha value is -4.92. The number of benzene rings is 3. The zero-order valence-corrected chi connectivity index (χ0v) is 19.0. The SMILES string of the molecule is COc1ccc(Nc2nc(NCc3ccco3)nc(NN=Cc3cccc4ccccc34)n2)cc1. The van der Waals surface area contributed by atoms with Crippen LogP contribution in [0.5, 0.6) is 5.75 Å². The highest BCUT2D eigenvalue weighted by Gasteiger charge is 2.08. The Morgan fingerprint density at radius 3 is 2.49 bits per heavy atom. The van der Waals surface area contributed by atoms with Crippen LogP contribution in [0, 0.1) is 0 Å². The van der Waals surface area contributed by atoms with E-state index in [0.717, 1.165) is 33.5 Å². The molecule has 0 aliphatic carbocycles. The van der Waals surface area contributed by atoms with Gasteiger partial charge >= 0.3 is 0 Å². The summed E-state index contributed by atoms with van der Waals surface area (Å²) in [6.45, 7) is 0.428. The summed E-state index contributed by atoms with van der Waals surface area (Å²) in [5, 5.41) is 13.0. The minimum atomic E-state index is 0.287. The molecule has 3 aromatic carbocycles. The molecule has 0 bridgehead atoms. The van der Waals surface area contributed by atoms with E-state index in [1.165, 1.54) is 0 Å². The fourth-order valence-electron chi connectivity index (χ4n) is 3.47. The molecule has 35 heavy (non-hydrogen) atoms. The van der Waals surface area contributed by atoms with E-state index in [2.05, 4.69) is 54.3 Å². The largest absolute Gasteiger partial charge is 0.497 e. The first kappa shape index (κ1) is 21.9. The van der Waals surface area contributed by atoms with Crippen molar-refractivity contribution in [1.29, 1.82) is 0 Å². The Labute approximate surface area is 201 Å². The average molecular weight is 466 g/mol. The molecule has 0 fully saturated rings. The molecule has 2 aromatic heterocycles. The molecule has 9 nitrogen and oxygen atoms in total. The quantitative estimate of drug-likeness (QED) is 0.195. The van der Waals surface area contributed by atoms with Gasteiger partial charge in [-0.25, -0.2) is 5.43 Å². The lowest BCUT2D eigenvalue weighted by atomic mass is 10.1. The maximum absolute atomic E-state index is 5.38. The van der Waals surface area contributed by atoms with Crippen LogP contribution >= 0.6 is 0 Å². The number of hydrogen-bond acceptors (Lipinski definition) is 9. The Balaban J connectivity index is 1.37. The number of fused-ring (bicyclic) bond motifs is 1. The Morgan fingerprint density at radius 1 is 0.857 bits per heavy atom. The predicted molar refractivity (Wildman–Crippen MR) is 137 cm³/mol. The van der Waals surface area contributed by atoms with Crippen molar-refractivity contribution >= 4 is 40.5 Å². The summed E-state index contributed by atoms with van der Waals surface area (Å²) in [7, 11) is 1.63. The second-order valence-electron chi connectivity index (χ2n) is 7.53. The van der Waals surface area contributed by atoms with Gasteiger partial charge in [0, 0.05) is 11.3 Å². The van der Waals surface area contributed by atoms with E-state index in [9.17, 15) is 0 Å². The maximum Gasteiger partial charge on any atom is 0.250 e. The maximum atomic E-state index is 5.38. The fourth-order valence-corrected chi connectivity index (χ4v) is 3.47. The van der Waals surface area contributed by atoms with Gasteiger partial charge in [-0.05, 0) is 47.2 Å². The summed E-state index contributed by atoms with van der Waals surface area (Å²) in [4.78, 5) is 13.4. The van der Waals surface area contributed by atoms with Crippen LogP contribution in [0.25, 0.3) is 10.8 Å². The van der Waals surface area contributed by atoms with Crippen molar-refractivity contribution < 1.29 is 9.15 Å². The van der Waals surface area contributed by atoms with Crippen LogP contribution in [-0.4, -0.2) is 28.3 Å². The molecule has 0 atom stereocenters. The van der Waals surface area contributed by atoms with E-state index in [0.29, 0.717) is 18.4 Å². The molecular weight excluding hydrogens is 442 g/mol. The molecule has 0 saturated carbocycles. The third-order valence-electron chi connectivity index (χ3n) is 5.17. The van der Waals surface area contributed by atoms with Crippen molar-refractivity contribution in [2.45, 2.75) is 6.54 Å². The van der Waals surface area contributed by atoms with Gasteiger partial charge in [0.15, 0.2) is 0 Å². The summed E-state index contributed by atoms with van der Waals surface area (Å²) in [6.07, 6.45) is 3.37. The Bertz CT molecular complexity index is 1430. The number of anilines is 4.